The summed E-state index contributed by atoms with van der Waals surface area (Å²) in [6, 6.07) is 1.36. The van der Waals surface area contributed by atoms with E-state index in [9.17, 15) is 14.3 Å². The van der Waals surface area contributed by atoms with Crippen LogP contribution >= 0.6 is 0 Å². The van der Waals surface area contributed by atoms with Crippen molar-refractivity contribution >= 4 is 21.6 Å². The summed E-state index contributed by atoms with van der Waals surface area (Å²) in [5.74, 6) is 0.129. The molecule has 1 aromatic carbocycles. The molecule has 2 atom stereocenters. The van der Waals surface area contributed by atoms with Gasteiger partial charge in [0, 0.05) is 19.2 Å². The van der Waals surface area contributed by atoms with Crippen LogP contribution in [-0.4, -0.2) is 44.1 Å². The number of nitrogens with one attached hydrogen (secondary N) is 2. The van der Waals surface area contributed by atoms with Gasteiger partial charge in [0.15, 0.2) is 14.8 Å². The molecule has 1 aromatic heterocycles. The van der Waals surface area contributed by atoms with Crippen molar-refractivity contribution in [2.24, 2.45) is 0 Å². The number of aryl methyl sites for hydroxylation is 2. The van der Waals surface area contributed by atoms with Crippen molar-refractivity contribution in [1.29, 1.82) is 10.0 Å². The molecule has 3 aliphatic rings. The number of hydrogen-bond donors (Lipinski definition) is 2. The second kappa shape index (κ2) is 8.35. The number of amides is 2. The van der Waals surface area contributed by atoms with Gasteiger partial charge >= 0.3 is 6.03 Å². The smallest absolute Gasteiger partial charge is 0.348 e. The molecule has 2 aromatic rings. The van der Waals surface area contributed by atoms with Crippen LogP contribution in [0.1, 0.15) is 41.5 Å². The molecule has 0 radical (unpaired) electrons. The Labute approximate surface area is 192 Å². The first kappa shape index (κ1) is 21.7. The average molecular weight is 471 g/mol. The number of nitriles is 1. The molecule has 11 heteroatoms. The summed E-state index contributed by atoms with van der Waals surface area (Å²) >= 11 is 0. The predicted octanol–water partition coefficient (Wildman–Crippen LogP) is 2.99. The summed E-state index contributed by atoms with van der Waals surface area (Å²) in [4.78, 5) is 13.1. The molecule has 2 heterocycles. The summed E-state index contributed by atoms with van der Waals surface area (Å²) in [7, 11) is -2.44. The average Bonchev–Trinajstić information content (AvgIpc) is 3.51. The summed E-state index contributed by atoms with van der Waals surface area (Å²) in [5.41, 5.74) is 5.36. The third-order valence-corrected chi connectivity index (χ3v) is 8.32. The lowest BCUT2D eigenvalue weighted by Gasteiger charge is -2.21. The Hall–Kier alpha value is -3.10. The van der Waals surface area contributed by atoms with Crippen LogP contribution in [0.15, 0.2) is 17.2 Å². The van der Waals surface area contributed by atoms with Crippen LogP contribution in [0.4, 0.5) is 10.5 Å². The van der Waals surface area contributed by atoms with Crippen molar-refractivity contribution in [1.82, 2.24) is 14.1 Å². The quantitative estimate of drug-likeness (QED) is 0.521. The lowest BCUT2D eigenvalue weighted by Crippen LogP contribution is -2.36. The zero-order valence-corrected chi connectivity index (χ0v) is 19.2. The van der Waals surface area contributed by atoms with Crippen LogP contribution in [0.5, 0.6) is 5.88 Å². The largest absolute Gasteiger partial charge is 0.477 e. The Bertz CT molecular complexity index is 1230. The van der Waals surface area contributed by atoms with Crippen molar-refractivity contribution in [3.8, 4) is 12.1 Å². The molecule has 5 rings (SSSR count). The van der Waals surface area contributed by atoms with E-state index in [0.29, 0.717) is 17.3 Å². The monoisotopic (exact) mass is 470 g/mol. The lowest BCUT2D eigenvalue weighted by molar-refractivity contribution is 0.0775. The van der Waals surface area contributed by atoms with E-state index < -0.39 is 15.9 Å². The highest BCUT2D eigenvalue weighted by Gasteiger charge is 2.35. The molecule has 0 saturated heterocycles. The van der Waals surface area contributed by atoms with Crippen molar-refractivity contribution in [2.45, 2.75) is 62.5 Å². The maximum absolute atomic E-state index is 13.6. The first-order valence-electron chi connectivity index (χ1n) is 11.1. The SMILES string of the molecule is CO[C@H]1CCOc2c([S@](=N)(=O)N(C#N)C(=O)Nc3c4c(cc5c3CCC5)CCC4)cnn2C1. The van der Waals surface area contributed by atoms with Gasteiger partial charge in [-0.15, -0.1) is 4.31 Å². The molecule has 0 spiro atoms. The molecular formula is C22H26N6O4S. The molecule has 1 aliphatic heterocycles. The van der Waals surface area contributed by atoms with E-state index in [1.165, 1.54) is 22.0 Å². The van der Waals surface area contributed by atoms with Crippen LogP contribution in [0.25, 0.3) is 0 Å². The Morgan fingerprint density at radius 2 is 2.03 bits per heavy atom. The number of hydrogen-bond acceptors (Lipinski definition) is 7. The minimum Gasteiger partial charge on any atom is -0.477 e. The first-order chi connectivity index (χ1) is 15.9. The maximum Gasteiger partial charge on any atom is 0.348 e. The normalized spacial score (nSPS) is 20.4. The zero-order chi connectivity index (χ0) is 23.2. The van der Waals surface area contributed by atoms with Crippen molar-refractivity contribution in [3.63, 3.8) is 0 Å². The minimum atomic E-state index is -4.03. The Morgan fingerprint density at radius 3 is 2.67 bits per heavy atom. The molecular weight excluding hydrogens is 444 g/mol. The fraction of sp³-hybridized carbons (Fsp3) is 0.500. The number of carbonyl (C=O) groups excluding carboxylic acids is 1. The number of carbonyl (C=O) groups is 1. The number of ether oxygens (including phenoxy) is 2. The molecule has 33 heavy (non-hydrogen) atoms. The van der Waals surface area contributed by atoms with Crippen LogP contribution in [0, 0.1) is 16.2 Å². The fourth-order valence-electron chi connectivity index (χ4n) is 5.03. The van der Waals surface area contributed by atoms with E-state index in [0.717, 1.165) is 55.3 Å². The van der Waals surface area contributed by atoms with Crippen LogP contribution < -0.4 is 10.1 Å². The highest BCUT2D eigenvalue weighted by Crippen LogP contribution is 2.39. The Kier molecular flexibility index (Phi) is 5.50. The molecule has 174 valence electrons. The van der Waals surface area contributed by atoms with Gasteiger partial charge in [0.1, 0.15) is 0 Å². The molecule has 2 amide bonds. The van der Waals surface area contributed by atoms with E-state index in [1.807, 2.05) is 0 Å². The topological polar surface area (TPSA) is 133 Å². The van der Waals surface area contributed by atoms with Gasteiger partial charge in [0.05, 0.1) is 25.5 Å². The van der Waals surface area contributed by atoms with Crippen molar-refractivity contribution in [3.05, 3.63) is 34.5 Å². The summed E-state index contributed by atoms with van der Waals surface area (Å²) < 4.78 is 35.1. The van der Waals surface area contributed by atoms with Crippen molar-refractivity contribution < 1.29 is 18.5 Å². The third kappa shape index (κ3) is 3.63. The highest BCUT2D eigenvalue weighted by molar-refractivity contribution is 7.91. The second-order valence-electron chi connectivity index (χ2n) is 8.58. The maximum atomic E-state index is 13.6. The van der Waals surface area contributed by atoms with Gasteiger partial charge in [-0.2, -0.15) is 10.4 Å². The number of nitrogens with zero attached hydrogens (tertiary/aromatic N) is 4. The number of aromatic nitrogens is 2. The van der Waals surface area contributed by atoms with Gasteiger partial charge in [-0.05, 0) is 60.8 Å². The van der Waals surface area contributed by atoms with Crippen molar-refractivity contribution in [2.75, 3.05) is 19.0 Å². The van der Waals surface area contributed by atoms with Gasteiger partial charge in [-0.3, -0.25) is 0 Å². The number of rotatable bonds is 4. The van der Waals surface area contributed by atoms with E-state index >= 15 is 0 Å². The molecule has 2 aliphatic carbocycles. The second-order valence-corrected chi connectivity index (χ2v) is 10.4. The Balaban J connectivity index is 1.47. The fourth-order valence-corrected chi connectivity index (χ4v) is 6.21. The van der Waals surface area contributed by atoms with Gasteiger partial charge in [-0.1, -0.05) is 6.07 Å². The molecule has 0 bridgehead atoms. The zero-order valence-electron chi connectivity index (χ0n) is 18.4. The van der Waals surface area contributed by atoms with Gasteiger partial charge in [-0.25, -0.2) is 18.5 Å². The number of anilines is 1. The van der Waals surface area contributed by atoms with E-state index in [4.69, 9.17) is 14.3 Å². The van der Waals surface area contributed by atoms with E-state index in [2.05, 4.69) is 16.5 Å². The number of benzene rings is 1. The standard InChI is InChI=1S/C22H26N6O4S/c1-31-16-8-9-32-21-19(11-25-27(21)12-16)33(24,30)28(13-23)22(29)26-20-17-6-2-4-14(17)10-15-5-3-7-18(15)20/h10-11,16,24H,2-9,12H2,1H3,(H,26,29)/t16-,33+/m0/s1. The van der Waals surface area contributed by atoms with E-state index in [-0.39, 0.29) is 23.5 Å². The predicted molar refractivity (Wildman–Crippen MR) is 119 cm³/mol. The van der Waals surface area contributed by atoms with E-state index in [1.54, 1.807) is 13.3 Å². The highest BCUT2D eigenvalue weighted by atomic mass is 32.2. The number of fused-ring (bicyclic) bond motifs is 3. The first-order valence-corrected chi connectivity index (χ1v) is 12.6. The van der Waals surface area contributed by atoms with Crippen LogP contribution in [-0.2, 0) is 46.9 Å². The molecule has 0 unspecified atom stereocenters. The Morgan fingerprint density at radius 1 is 1.33 bits per heavy atom. The van der Waals surface area contributed by atoms with Crippen LogP contribution in [0.2, 0.25) is 0 Å². The molecule has 0 saturated carbocycles. The van der Waals surface area contributed by atoms with Gasteiger partial charge in [0.25, 0.3) is 0 Å². The lowest BCUT2D eigenvalue weighted by atomic mass is 9.99. The molecule has 2 N–H and O–H groups in total. The number of methoxy groups -OCH3 is 1. The van der Waals surface area contributed by atoms with Gasteiger partial charge in [0.2, 0.25) is 12.1 Å². The molecule has 0 fully saturated rings. The summed E-state index contributed by atoms with van der Waals surface area (Å²) in [6.45, 7) is 0.649. The molecule has 10 nitrogen and oxygen atoms in total. The number of urea groups is 1. The van der Waals surface area contributed by atoms with Crippen LogP contribution in [0.3, 0.4) is 0 Å². The van der Waals surface area contributed by atoms with Gasteiger partial charge < -0.3 is 14.8 Å². The third-order valence-electron chi connectivity index (χ3n) is 6.68. The summed E-state index contributed by atoms with van der Waals surface area (Å²) in [5, 5.41) is 16.8. The minimum absolute atomic E-state index is 0.0977. The summed E-state index contributed by atoms with van der Waals surface area (Å²) in [6.07, 6.45) is 9.03.